The normalized spacial score (nSPS) is 9.89. The lowest BCUT2D eigenvalue weighted by atomic mass is 10.1. The Bertz CT molecular complexity index is 650. The second kappa shape index (κ2) is 5.63. The highest BCUT2D eigenvalue weighted by atomic mass is 79.9. The smallest absolute Gasteiger partial charge is 0.120 e. The van der Waals surface area contributed by atoms with Gasteiger partial charge in [-0.05, 0) is 36.4 Å². The Labute approximate surface area is 119 Å². The molecular formula is C14H12BrN3O. The van der Waals surface area contributed by atoms with Gasteiger partial charge in [-0.2, -0.15) is 5.26 Å². The van der Waals surface area contributed by atoms with Gasteiger partial charge in [-0.1, -0.05) is 15.9 Å². The van der Waals surface area contributed by atoms with Crippen LogP contribution in [0.2, 0.25) is 0 Å². The second-order valence-electron chi connectivity index (χ2n) is 4.04. The van der Waals surface area contributed by atoms with Crippen LogP contribution in [0, 0.1) is 11.3 Å². The number of aromatic hydroxyl groups is 1. The maximum atomic E-state index is 9.72. The Morgan fingerprint density at radius 1 is 1.26 bits per heavy atom. The Morgan fingerprint density at radius 2 is 2.05 bits per heavy atom. The van der Waals surface area contributed by atoms with E-state index in [2.05, 4.69) is 27.3 Å². The fraction of sp³-hybridized carbons (Fsp3) is 0.0714. The lowest BCUT2D eigenvalue weighted by Gasteiger charge is -2.10. The summed E-state index contributed by atoms with van der Waals surface area (Å²) in [4.78, 5) is 0. The summed E-state index contributed by atoms with van der Waals surface area (Å²) in [7, 11) is 0. The van der Waals surface area contributed by atoms with Gasteiger partial charge < -0.3 is 16.2 Å². The van der Waals surface area contributed by atoms with E-state index >= 15 is 0 Å². The molecule has 0 spiro atoms. The number of anilines is 2. The van der Waals surface area contributed by atoms with Crippen LogP contribution in [0.5, 0.6) is 5.75 Å². The van der Waals surface area contributed by atoms with Crippen molar-refractivity contribution in [1.29, 1.82) is 5.26 Å². The molecular weight excluding hydrogens is 306 g/mol. The van der Waals surface area contributed by atoms with Crippen molar-refractivity contribution in [2.45, 2.75) is 6.54 Å². The number of halogens is 1. The minimum atomic E-state index is 0.176. The van der Waals surface area contributed by atoms with Gasteiger partial charge in [0.1, 0.15) is 11.8 Å². The highest BCUT2D eigenvalue weighted by Crippen LogP contribution is 2.24. The van der Waals surface area contributed by atoms with Gasteiger partial charge in [0.25, 0.3) is 0 Å². The largest absolute Gasteiger partial charge is 0.508 e. The van der Waals surface area contributed by atoms with Crippen LogP contribution in [-0.2, 0) is 6.54 Å². The molecule has 4 nitrogen and oxygen atoms in total. The van der Waals surface area contributed by atoms with E-state index in [1.807, 2.05) is 12.1 Å². The molecule has 0 aliphatic rings. The van der Waals surface area contributed by atoms with Crippen LogP contribution in [0.3, 0.4) is 0 Å². The molecule has 5 heteroatoms. The maximum Gasteiger partial charge on any atom is 0.120 e. The van der Waals surface area contributed by atoms with Crippen LogP contribution in [0.15, 0.2) is 40.9 Å². The molecule has 0 radical (unpaired) electrons. The number of hydrogen-bond donors (Lipinski definition) is 3. The average molecular weight is 318 g/mol. The van der Waals surface area contributed by atoms with Crippen LogP contribution < -0.4 is 11.1 Å². The van der Waals surface area contributed by atoms with Crippen molar-refractivity contribution < 1.29 is 5.11 Å². The summed E-state index contributed by atoms with van der Waals surface area (Å²) in [6.45, 7) is 0.391. The van der Waals surface area contributed by atoms with Gasteiger partial charge in [0, 0.05) is 22.3 Å². The number of nitrogen functional groups attached to an aromatic ring is 1. The second-order valence-corrected chi connectivity index (χ2v) is 4.96. The van der Waals surface area contributed by atoms with Gasteiger partial charge in [-0.25, -0.2) is 0 Å². The van der Waals surface area contributed by atoms with Crippen molar-refractivity contribution in [2.24, 2.45) is 0 Å². The van der Waals surface area contributed by atoms with E-state index in [0.717, 1.165) is 4.47 Å². The maximum absolute atomic E-state index is 9.72. The first-order valence-electron chi connectivity index (χ1n) is 5.61. The van der Waals surface area contributed by atoms with E-state index in [1.165, 1.54) is 0 Å². The van der Waals surface area contributed by atoms with Gasteiger partial charge in [-0.3, -0.25) is 0 Å². The SMILES string of the molecule is N#Cc1ccc(Br)cc1NCc1cc(N)ccc1O. The molecule has 0 atom stereocenters. The molecule has 0 saturated heterocycles. The first kappa shape index (κ1) is 13.2. The first-order valence-corrected chi connectivity index (χ1v) is 6.40. The monoisotopic (exact) mass is 317 g/mol. The van der Waals surface area contributed by atoms with Crippen molar-refractivity contribution in [3.8, 4) is 11.8 Å². The minimum Gasteiger partial charge on any atom is -0.508 e. The van der Waals surface area contributed by atoms with E-state index in [9.17, 15) is 5.11 Å². The lowest BCUT2D eigenvalue weighted by molar-refractivity contribution is 0.469. The zero-order chi connectivity index (χ0) is 13.8. The summed E-state index contributed by atoms with van der Waals surface area (Å²) in [5.74, 6) is 0.176. The number of benzene rings is 2. The third kappa shape index (κ3) is 3.18. The Kier molecular flexibility index (Phi) is 3.93. The summed E-state index contributed by atoms with van der Waals surface area (Å²) < 4.78 is 0.880. The third-order valence-corrected chi connectivity index (χ3v) is 3.17. The molecule has 0 saturated carbocycles. The summed E-state index contributed by atoms with van der Waals surface area (Å²) in [5.41, 5.74) is 8.20. The van der Waals surface area contributed by atoms with Crippen LogP contribution in [0.25, 0.3) is 0 Å². The average Bonchev–Trinajstić information content (AvgIpc) is 2.40. The number of nitrogens with one attached hydrogen (secondary N) is 1. The molecule has 0 aliphatic carbocycles. The molecule has 0 unspecified atom stereocenters. The van der Waals surface area contributed by atoms with E-state index < -0.39 is 0 Å². The molecule has 0 aromatic heterocycles. The van der Waals surface area contributed by atoms with Crippen molar-refractivity contribution in [2.75, 3.05) is 11.1 Å². The topological polar surface area (TPSA) is 82.1 Å². The lowest BCUT2D eigenvalue weighted by Crippen LogP contribution is -2.02. The van der Waals surface area contributed by atoms with Gasteiger partial charge in [0.2, 0.25) is 0 Å². The molecule has 0 fully saturated rings. The third-order valence-electron chi connectivity index (χ3n) is 2.67. The van der Waals surface area contributed by atoms with Gasteiger partial charge in [-0.15, -0.1) is 0 Å². The van der Waals surface area contributed by atoms with Crippen molar-refractivity contribution >= 4 is 27.3 Å². The van der Waals surface area contributed by atoms with Crippen molar-refractivity contribution in [1.82, 2.24) is 0 Å². The van der Waals surface area contributed by atoms with Crippen LogP contribution >= 0.6 is 15.9 Å². The fourth-order valence-electron chi connectivity index (χ4n) is 1.70. The summed E-state index contributed by atoms with van der Waals surface area (Å²) in [5, 5.41) is 21.9. The van der Waals surface area contributed by atoms with E-state index in [-0.39, 0.29) is 5.75 Å². The number of nitrogens with two attached hydrogens (primary N) is 1. The standard InChI is InChI=1S/C14H12BrN3O/c15-11-2-1-9(7-16)13(6-11)18-8-10-5-12(17)3-4-14(10)19/h1-6,18-19H,8,17H2. The zero-order valence-electron chi connectivity index (χ0n) is 10.0. The highest BCUT2D eigenvalue weighted by molar-refractivity contribution is 9.10. The molecule has 0 heterocycles. The minimum absolute atomic E-state index is 0.176. The number of nitrogens with zero attached hydrogens (tertiary/aromatic N) is 1. The Balaban J connectivity index is 2.21. The summed E-state index contributed by atoms with van der Waals surface area (Å²) in [6, 6.07) is 12.4. The molecule has 4 N–H and O–H groups in total. The van der Waals surface area contributed by atoms with E-state index in [4.69, 9.17) is 11.0 Å². The van der Waals surface area contributed by atoms with Gasteiger partial charge in [0.15, 0.2) is 0 Å². The van der Waals surface area contributed by atoms with Crippen LogP contribution in [-0.4, -0.2) is 5.11 Å². The summed E-state index contributed by atoms with van der Waals surface area (Å²) >= 11 is 3.36. The number of nitriles is 1. The molecule has 2 aromatic rings. The zero-order valence-corrected chi connectivity index (χ0v) is 11.6. The summed E-state index contributed by atoms with van der Waals surface area (Å²) in [6.07, 6.45) is 0. The number of hydrogen-bond acceptors (Lipinski definition) is 4. The predicted octanol–water partition coefficient (Wildman–Crippen LogP) is 3.22. The van der Waals surface area contributed by atoms with E-state index in [0.29, 0.717) is 29.0 Å². The van der Waals surface area contributed by atoms with E-state index in [1.54, 1.807) is 24.3 Å². The number of rotatable bonds is 3. The number of phenolic OH excluding ortho intramolecular Hbond substituents is 1. The van der Waals surface area contributed by atoms with Crippen molar-refractivity contribution in [3.05, 3.63) is 52.0 Å². The highest BCUT2D eigenvalue weighted by Gasteiger charge is 2.05. The number of phenols is 1. The molecule has 19 heavy (non-hydrogen) atoms. The molecule has 2 rings (SSSR count). The van der Waals surface area contributed by atoms with Gasteiger partial charge in [0.05, 0.1) is 11.3 Å². The van der Waals surface area contributed by atoms with Gasteiger partial charge >= 0.3 is 0 Å². The Hall–Kier alpha value is -2.19. The first-order chi connectivity index (χ1) is 9.10. The Morgan fingerprint density at radius 3 is 2.79 bits per heavy atom. The predicted molar refractivity (Wildman–Crippen MR) is 78.7 cm³/mol. The molecule has 96 valence electrons. The van der Waals surface area contributed by atoms with Crippen LogP contribution in [0.1, 0.15) is 11.1 Å². The fourth-order valence-corrected chi connectivity index (χ4v) is 2.06. The quantitative estimate of drug-likeness (QED) is 0.599. The molecule has 0 amide bonds. The molecule has 0 aliphatic heterocycles. The molecule has 0 bridgehead atoms. The molecule has 2 aromatic carbocycles. The van der Waals surface area contributed by atoms with Crippen molar-refractivity contribution in [3.63, 3.8) is 0 Å². The van der Waals surface area contributed by atoms with Crippen LogP contribution in [0.4, 0.5) is 11.4 Å².